The Labute approximate surface area is 103 Å². The van der Waals surface area contributed by atoms with Crippen LogP contribution in [0.25, 0.3) is 0 Å². The smallest absolute Gasteiger partial charge is 0.437 e. The summed E-state index contributed by atoms with van der Waals surface area (Å²) in [6, 6.07) is 0. The predicted octanol–water partition coefficient (Wildman–Crippen LogP) is 3.44. The predicted molar refractivity (Wildman–Crippen MR) is 63.5 cm³/mol. The van der Waals surface area contributed by atoms with Gasteiger partial charge >= 0.3 is 6.09 Å². The van der Waals surface area contributed by atoms with Crippen LogP contribution in [0.1, 0.15) is 20.3 Å². The van der Waals surface area contributed by atoms with Crippen LogP contribution in [0.4, 0.5) is 13.6 Å². The van der Waals surface area contributed by atoms with E-state index in [1.54, 1.807) is 13.8 Å². The molecule has 0 spiro atoms. The number of carbonyl (C=O) groups is 1. The molecular weight excluding hydrogens is 252 g/mol. The first-order chi connectivity index (χ1) is 8.10. The van der Waals surface area contributed by atoms with Gasteiger partial charge in [0.2, 0.25) is 0 Å². The molecule has 7 heteroatoms. The molecule has 0 unspecified atom stereocenters. The van der Waals surface area contributed by atoms with Crippen molar-refractivity contribution in [2.24, 2.45) is 4.99 Å². The highest BCUT2D eigenvalue weighted by Crippen LogP contribution is 2.10. The van der Waals surface area contributed by atoms with Gasteiger partial charge in [-0.1, -0.05) is 11.8 Å². The molecule has 0 rings (SSSR count). The quantitative estimate of drug-likeness (QED) is 0.435. The largest absolute Gasteiger partial charge is 0.473 e. The number of halogens is 2. The highest BCUT2D eigenvalue weighted by atomic mass is 32.2. The second kappa shape index (κ2) is 10.1. The number of hydrogen-bond acceptors (Lipinski definition) is 4. The van der Waals surface area contributed by atoms with Crippen molar-refractivity contribution in [2.45, 2.75) is 20.3 Å². The molecule has 98 valence electrons. The first kappa shape index (κ1) is 15.9. The number of ether oxygens (including phenoxy) is 2. The molecule has 0 aliphatic heterocycles. The highest BCUT2D eigenvalue weighted by Gasteiger charge is 2.05. The van der Waals surface area contributed by atoms with Gasteiger partial charge in [0.15, 0.2) is 0 Å². The molecule has 0 fully saturated rings. The van der Waals surface area contributed by atoms with E-state index in [2.05, 4.69) is 9.73 Å². The van der Waals surface area contributed by atoms with Crippen LogP contribution >= 0.6 is 11.8 Å². The number of aliphatic imine (C=N–C) groups is 1. The van der Waals surface area contributed by atoms with Gasteiger partial charge < -0.3 is 9.47 Å². The second-order valence-corrected chi connectivity index (χ2v) is 3.69. The van der Waals surface area contributed by atoms with Gasteiger partial charge in [-0.3, -0.25) is 0 Å². The molecule has 0 aromatic heterocycles. The summed E-state index contributed by atoms with van der Waals surface area (Å²) in [7, 11) is 0. The van der Waals surface area contributed by atoms with E-state index in [1.807, 2.05) is 0 Å². The fourth-order valence-electron chi connectivity index (χ4n) is 0.774. The lowest BCUT2D eigenvalue weighted by atomic mass is 10.5. The van der Waals surface area contributed by atoms with Crippen LogP contribution < -0.4 is 0 Å². The molecule has 0 aliphatic carbocycles. The van der Waals surface area contributed by atoms with E-state index < -0.39 is 12.2 Å². The second-order valence-electron chi connectivity index (χ2n) is 2.64. The first-order valence-corrected chi connectivity index (χ1v) is 6.10. The van der Waals surface area contributed by atoms with E-state index >= 15 is 0 Å². The van der Waals surface area contributed by atoms with Gasteiger partial charge in [0, 0.05) is 5.75 Å². The molecule has 0 heterocycles. The van der Waals surface area contributed by atoms with Crippen molar-refractivity contribution in [1.82, 2.24) is 0 Å². The van der Waals surface area contributed by atoms with E-state index in [1.165, 1.54) is 0 Å². The number of hydrogen-bond donors (Lipinski definition) is 0. The van der Waals surface area contributed by atoms with Gasteiger partial charge in [-0.05, 0) is 26.3 Å². The summed E-state index contributed by atoms with van der Waals surface area (Å²) in [6.45, 7) is 3.97. The summed E-state index contributed by atoms with van der Waals surface area (Å²) in [5, 5.41) is 0.138. The SMILES string of the molecule is CCOC(=O)N=C(OCC)SCCC=C(F)F. The Kier molecular flexibility index (Phi) is 9.41. The third-order valence-electron chi connectivity index (χ3n) is 1.36. The normalized spacial score (nSPS) is 10.9. The lowest BCUT2D eigenvalue weighted by Crippen LogP contribution is -2.06. The summed E-state index contributed by atoms with van der Waals surface area (Å²) >= 11 is 1.09. The van der Waals surface area contributed by atoms with E-state index in [9.17, 15) is 13.6 Å². The third kappa shape index (κ3) is 9.80. The molecule has 0 aromatic rings. The Balaban J connectivity index is 4.14. The summed E-state index contributed by atoms with van der Waals surface area (Å²) in [5.41, 5.74) is 0. The van der Waals surface area contributed by atoms with Gasteiger partial charge in [-0.15, -0.1) is 4.99 Å². The summed E-state index contributed by atoms with van der Waals surface area (Å²) in [6.07, 6.45) is -1.47. The van der Waals surface area contributed by atoms with E-state index in [4.69, 9.17) is 4.74 Å². The minimum Gasteiger partial charge on any atom is -0.473 e. The highest BCUT2D eigenvalue weighted by molar-refractivity contribution is 8.13. The zero-order valence-corrected chi connectivity index (χ0v) is 10.6. The number of rotatable bonds is 5. The monoisotopic (exact) mass is 267 g/mol. The van der Waals surface area contributed by atoms with Crippen molar-refractivity contribution >= 4 is 23.1 Å². The van der Waals surface area contributed by atoms with Crippen molar-refractivity contribution in [1.29, 1.82) is 0 Å². The molecule has 0 bridgehead atoms. The zero-order valence-electron chi connectivity index (χ0n) is 9.74. The van der Waals surface area contributed by atoms with Gasteiger partial charge in [-0.2, -0.15) is 8.78 Å². The van der Waals surface area contributed by atoms with Gasteiger partial charge in [0.05, 0.1) is 13.2 Å². The van der Waals surface area contributed by atoms with E-state index in [0.717, 1.165) is 17.8 Å². The first-order valence-electron chi connectivity index (χ1n) is 5.12. The Morgan fingerprint density at radius 3 is 2.47 bits per heavy atom. The van der Waals surface area contributed by atoms with Crippen molar-refractivity contribution < 1.29 is 23.0 Å². The topological polar surface area (TPSA) is 47.9 Å². The number of thioether (sulfide) groups is 1. The molecule has 0 radical (unpaired) electrons. The van der Waals surface area contributed by atoms with Gasteiger partial charge in [0.25, 0.3) is 11.3 Å². The van der Waals surface area contributed by atoms with Crippen molar-refractivity contribution in [2.75, 3.05) is 19.0 Å². The van der Waals surface area contributed by atoms with E-state index in [-0.39, 0.29) is 18.3 Å². The van der Waals surface area contributed by atoms with Crippen molar-refractivity contribution in [3.05, 3.63) is 12.2 Å². The Morgan fingerprint density at radius 2 is 1.94 bits per heavy atom. The molecule has 4 nitrogen and oxygen atoms in total. The summed E-state index contributed by atoms with van der Waals surface area (Å²) < 4.78 is 33.1. The maximum Gasteiger partial charge on any atom is 0.437 e. The minimum absolute atomic E-state index is 0.138. The van der Waals surface area contributed by atoms with E-state index in [0.29, 0.717) is 12.4 Å². The van der Waals surface area contributed by atoms with Gasteiger partial charge in [-0.25, -0.2) is 4.79 Å². The number of allylic oxidation sites excluding steroid dienone is 1. The third-order valence-corrected chi connectivity index (χ3v) is 2.26. The van der Waals surface area contributed by atoms with Crippen LogP contribution in [-0.4, -0.2) is 30.3 Å². The number of carbonyl (C=O) groups excluding carboxylic acids is 1. The molecule has 17 heavy (non-hydrogen) atoms. The number of amides is 1. The average Bonchev–Trinajstić information content (AvgIpc) is 2.24. The molecule has 0 saturated heterocycles. The molecule has 0 aromatic carbocycles. The minimum atomic E-state index is -1.72. The Bertz CT molecular complexity index is 291. The van der Waals surface area contributed by atoms with Crippen LogP contribution in [0.5, 0.6) is 0 Å². The zero-order chi connectivity index (χ0) is 13.1. The number of nitrogens with zero attached hydrogens (tertiary/aromatic N) is 1. The van der Waals surface area contributed by atoms with Crippen LogP contribution in [0.3, 0.4) is 0 Å². The van der Waals surface area contributed by atoms with Crippen molar-refractivity contribution in [3.8, 4) is 0 Å². The molecule has 0 saturated carbocycles. The van der Waals surface area contributed by atoms with Crippen molar-refractivity contribution in [3.63, 3.8) is 0 Å². The maximum absolute atomic E-state index is 11.7. The maximum atomic E-state index is 11.7. The molecule has 0 aliphatic rings. The fourth-order valence-corrected chi connectivity index (χ4v) is 1.52. The lowest BCUT2D eigenvalue weighted by Gasteiger charge is -2.05. The fraction of sp³-hybridized carbons (Fsp3) is 0.600. The van der Waals surface area contributed by atoms with Crippen LogP contribution in [0.15, 0.2) is 17.1 Å². The molecule has 1 amide bonds. The summed E-state index contributed by atoms with van der Waals surface area (Å²) in [5.74, 6) is 0.357. The standard InChI is InChI=1S/C10H15F2NO3S/c1-3-15-9(14)13-10(16-4-2)17-7-5-6-8(11)12/h6H,3-5,7H2,1-2H3. The lowest BCUT2D eigenvalue weighted by molar-refractivity contribution is 0.162. The van der Waals surface area contributed by atoms with Gasteiger partial charge in [0.1, 0.15) is 0 Å². The molecule has 0 N–H and O–H groups in total. The van der Waals surface area contributed by atoms with Crippen LogP contribution in [0, 0.1) is 0 Å². The molecule has 0 atom stereocenters. The van der Waals surface area contributed by atoms with Crippen LogP contribution in [-0.2, 0) is 9.47 Å². The van der Waals surface area contributed by atoms with Crippen LogP contribution in [0.2, 0.25) is 0 Å². The average molecular weight is 267 g/mol. The Morgan fingerprint density at radius 1 is 1.29 bits per heavy atom. The Hall–Kier alpha value is -1.11. The summed E-state index contributed by atoms with van der Waals surface area (Å²) in [4.78, 5) is 14.6. The molecular formula is C10H15F2NO3S.